The van der Waals surface area contributed by atoms with E-state index < -0.39 is 5.97 Å². The molecule has 1 fully saturated rings. The van der Waals surface area contributed by atoms with Crippen molar-refractivity contribution in [3.8, 4) is 0 Å². The lowest BCUT2D eigenvalue weighted by Crippen LogP contribution is -2.16. The van der Waals surface area contributed by atoms with Gasteiger partial charge in [0.15, 0.2) is 0 Å². The van der Waals surface area contributed by atoms with Gasteiger partial charge < -0.3 is 10.2 Å². The zero-order valence-electron chi connectivity index (χ0n) is 15.6. The van der Waals surface area contributed by atoms with Crippen molar-refractivity contribution in [2.24, 2.45) is 11.8 Å². The lowest BCUT2D eigenvalue weighted by Gasteiger charge is -2.17. The van der Waals surface area contributed by atoms with Crippen molar-refractivity contribution in [2.45, 2.75) is 55.9 Å². The third-order valence-electron chi connectivity index (χ3n) is 4.93. The highest BCUT2D eigenvalue weighted by Crippen LogP contribution is 2.36. The molecule has 3 atom stereocenters. The molecule has 148 valence electrons. The van der Waals surface area contributed by atoms with Crippen LogP contribution in [-0.2, 0) is 4.79 Å². The third-order valence-corrected chi connectivity index (χ3v) is 6.01. The quantitative estimate of drug-likeness (QED) is 0.299. The third kappa shape index (κ3) is 7.89. The SMILES string of the molecule is O=C(O)CCC/C=C\C[C@H]1CC[C@@H](O)C1/C=C/CCSc1ccccc1F. The maximum Gasteiger partial charge on any atom is 0.303 e. The monoisotopic (exact) mass is 392 g/mol. The van der Waals surface area contributed by atoms with Crippen LogP contribution in [0.4, 0.5) is 4.39 Å². The topological polar surface area (TPSA) is 57.5 Å². The summed E-state index contributed by atoms with van der Waals surface area (Å²) < 4.78 is 13.6. The molecule has 0 radical (unpaired) electrons. The summed E-state index contributed by atoms with van der Waals surface area (Å²) in [5.74, 6) is 0.501. The van der Waals surface area contributed by atoms with Crippen LogP contribution in [0.3, 0.4) is 0 Å². The van der Waals surface area contributed by atoms with Crippen molar-refractivity contribution >= 4 is 17.7 Å². The number of hydrogen-bond donors (Lipinski definition) is 2. The van der Waals surface area contributed by atoms with Gasteiger partial charge in [0.1, 0.15) is 5.82 Å². The molecule has 0 saturated heterocycles. The number of allylic oxidation sites excluding steroid dienone is 3. The van der Waals surface area contributed by atoms with E-state index in [9.17, 15) is 14.3 Å². The first-order valence-electron chi connectivity index (χ1n) is 9.66. The number of carboxylic acid groups (broad SMARTS) is 1. The minimum Gasteiger partial charge on any atom is -0.481 e. The maximum absolute atomic E-state index is 13.6. The fourth-order valence-corrected chi connectivity index (χ4v) is 4.31. The summed E-state index contributed by atoms with van der Waals surface area (Å²) in [5.41, 5.74) is 0. The van der Waals surface area contributed by atoms with Gasteiger partial charge in [0.25, 0.3) is 0 Å². The summed E-state index contributed by atoms with van der Waals surface area (Å²) >= 11 is 1.51. The molecular weight excluding hydrogens is 363 g/mol. The summed E-state index contributed by atoms with van der Waals surface area (Å²) in [6.07, 6.45) is 13.4. The van der Waals surface area contributed by atoms with Crippen LogP contribution in [0.2, 0.25) is 0 Å². The van der Waals surface area contributed by atoms with E-state index in [2.05, 4.69) is 24.3 Å². The Labute approximate surface area is 165 Å². The maximum atomic E-state index is 13.6. The molecule has 0 aromatic heterocycles. The van der Waals surface area contributed by atoms with Gasteiger partial charge in [-0.2, -0.15) is 0 Å². The second-order valence-electron chi connectivity index (χ2n) is 6.97. The molecule has 1 aromatic carbocycles. The molecule has 0 amide bonds. The molecule has 2 N–H and O–H groups in total. The molecule has 0 spiro atoms. The molecule has 2 rings (SSSR count). The van der Waals surface area contributed by atoms with Crippen molar-refractivity contribution in [1.29, 1.82) is 0 Å². The first-order valence-corrected chi connectivity index (χ1v) is 10.7. The van der Waals surface area contributed by atoms with Crippen LogP contribution in [0.5, 0.6) is 0 Å². The van der Waals surface area contributed by atoms with Gasteiger partial charge >= 0.3 is 5.97 Å². The highest BCUT2D eigenvalue weighted by atomic mass is 32.2. The molecule has 3 nitrogen and oxygen atoms in total. The molecule has 1 saturated carbocycles. The van der Waals surface area contributed by atoms with Crippen molar-refractivity contribution in [1.82, 2.24) is 0 Å². The number of aliphatic hydroxyl groups excluding tert-OH is 1. The Balaban J connectivity index is 1.71. The van der Waals surface area contributed by atoms with E-state index in [4.69, 9.17) is 5.11 Å². The number of rotatable bonds is 11. The normalized spacial score (nSPS) is 22.8. The molecule has 1 aliphatic rings. The predicted octanol–water partition coefficient (Wildman–Crippen LogP) is 5.45. The summed E-state index contributed by atoms with van der Waals surface area (Å²) in [7, 11) is 0. The van der Waals surface area contributed by atoms with E-state index in [1.165, 1.54) is 17.8 Å². The van der Waals surface area contributed by atoms with Gasteiger partial charge in [0, 0.05) is 23.0 Å². The minimum atomic E-state index is -0.749. The van der Waals surface area contributed by atoms with Gasteiger partial charge in [0.05, 0.1) is 6.10 Å². The average molecular weight is 393 g/mol. The molecule has 0 heterocycles. The lowest BCUT2D eigenvalue weighted by atomic mass is 9.91. The van der Waals surface area contributed by atoms with Crippen LogP contribution < -0.4 is 0 Å². The van der Waals surface area contributed by atoms with Gasteiger partial charge in [-0.1, -0.05) is 36.4 Å². The highest BCUT2D eigenvalue weighted by molar-refractivity contribution is 7.99. The van der Waals surface area contributed by atoms with E-state index in [1.54, 1.807) is 12.1 Å². The van der Waals surface area contributed by atoms with Crippen molar-refractivity contribution in [3.05, 3.63) is 54.4 Å². The molecular formula is C22H29FO3S. The smallest absolute Gasteiger partial charge is 0.303 e. The average Bonchev–Trinajstić information content (AvgIpc) is 2.99. The number of aliphatic hydroxyl groups is 1. The van der Waals surface area contributed by atoms with Crippen molar-refractivity contribution in [2.75, 3.05) is 5.75 Å². The van der Waals surface area contributed by atoms with Crippen LogP contribution in [0.15, 0.2) is 53.5 Å². The van der Waals surface area contributed by atoms with Crippen LogP contribution in [0, 0.1) is 17.7 Å². The lowest BCUT2D eigenvalue weighted by molar-refractivity contribution is -0.137. The molecule has 27 heavy (non-hydrogen) atoms. The van der Waals surface area contributed by atoms with E-state index in [1.807, 2.05) is 6.07 Å². The molecule has 1 aromatic rings. The zero-order valence-corrected chi connectivity index (χ0v) is 16.4. The van der Waals surface area contributed by atoms with Crippen molar-refractivity contribution in [3.63, 3.8) is 0 Å². The molecule has 0 bridgehead atoms. The minimum absolute atomic E-state index is 0.173. The standard InChI is InChI=1S/C22H29FO3S/c23-19-11-5-6-12-21(19)27-16-8-7-10-18-17(14-15-20(18)24)9-3-1-2-4-13-22(25)26/h1,3,5-7,10-12,17-18,20,24H,2,4,8-9,13-16H2,(H,25,26)/b3-1-,10-7+/t17-,18?,20+/m0/s1. The molecule has 5 heteroatoms. The Kier molecular flexibility index (Phi) is 9.64. The van der Waals surface area contributed by atoms with E-state index in [-0.39, 0.29) is 24.3 Å². The van der Waals surface area contributed by atoms with Crippen LogP contribution in [0.1, 0.15) is 44.9 Å². The number of carboxylic acids is 1. The first kappa shape index (κ1) is 21.7. The largest absolute Gasteiger partial charge is 0.481 e. The Bertz CT molecular complexity index is 644. The van der Waals surface area contributed by atoms with Gasteiger partial charge in [-0.3, -0.25) is 4.79 Å². The second-order valence-corrected chi connectivity index (χ2v) is 8.11. The fraction of sp³-hybridized carbons (Fsp3) is 0.500. The van der Waals surface area contributed by atoms with E-state index >= 15 is 0 Å². The van der Waals surface area contributed by atoms with Crippen LogP contribution >= 0.6 is 11.8 Å². The van der Waals surface area contributed by atoms with E-state index in [0.29, 0.717) is 17.2 Å². The molecule has 1 aliphatic carbocycles. The predicted molar refractivity (Wildman–Crippen MR) is 108 cm³/mol. The first-order chi connectivity index (χ1) is 13.1. The van der Waals surface area contributed by atoms with Gasteiger partial charge in [-0.25, -0.2) is 4.39 Å². The molecule has 1 unspecified atom stereocenters. The Morgan fingerprint density at radius 1 is 1.19 bits per heavy atom. The van der Waals surface area contributed by atoms with Gasteiger partial charge in [-0.15, -0.1) is 11.8 Å². The fourth-order valence-electron chi connectivity index (χ4n) is 3.46. The highest BCUT2D eigenvalue weighted by Gasteiger charge is 2.31. The Morgan fingerprint density at radius 3 is 2.78 bits per heavy atom. The number of benzene rings is 1. The van der Waals surface area contributed by atoms with Crippen molar-refractivity contribution < 1.29 is 19.4 Å². The summed E-state index contributed by atoms with van der Waals surface area (Å²) in [6, 6.07) is 6.81. The van der Waals surface area contributed by atoms with Crippen LogP contribution in [0.25, 0.3) is 0 Å². The summed E-state index contributed by atoms with van der Waals surface area (Å²) in [5, 5.41) is 18.9. The zero-order chi connectivity index (χ0) is 19.5. The Morgan fingerprint density at radius 2 is 2.00 bits per heavy atom. The number of aliphatic carboxylic acids is 1. The molecule has 0 aliphatic heterocycles. The number of thioether (sulfide) groups is 1. The number of carbonyl (C=O) groups is 1. The number of hydrogen-bond acceptors (Lipinski definition) is 3. The van der Waals surface area contributed by atoms with Crippen LogP contribution in [-0.4, -0.2) is 28.0 Å². The van der Waals surface area contributed by atoms with E-state index in [0.717, 1.165) is 37.9 Å². The van der Waals surface area contributed by atoms with Gasteiger partial charge in [-0.05, 0) is 56.6 Å². The Hall–Kier alpha value is -1.59. The number of halogens is 1. The van der Waals surface area contributed by atoms with Gasteiger partial charge in [0.2, 0.25) is 0 Å². The number of unbranched alkanes of at least 4 members (excludes halogenated alkanes) is 1. The summed E-state index contributed by atoms with van der Waals surface area (Å²) in [4.78, 5) is 11.2. The second kappa shape index (κ2) is 12.0. The summed E-state index contributed by atoms with van der Waals surface area (Å²) in [6.45, 7) is 0.